The van der Waals surface area contributed by atoms with Gasteiger partial charge >= 0.3 is 0 Å². The SMILES string of the molecule is CCNC(c1ccc2ncccc2c1)c1ccc(Cl)s1. The number of hydrogen-bond acceptors (Lipinski definition) is 3. The minimum absolute atomic E-state index is 0.183. The van der Waals surface area contributed by atoms with E-state index in [9.17, 15) is 0 Å². The van der Waals surface area contributed by atoms with Crippen LogP contribution in [0.2, 0.25) is 4.34 Å². The maximum Gasteiger partial charge on any atom is 0.0931 e. The Hall–Kier alpha value is -1.42. The Morgan fingerprint density at radius 2 is 2.15 bits per heavy atom. The summed E-state index contributed by atoms with van der Waals surface area (Å²) in [5.74, 6) is 0. The predicted octanol–water partition coefficient (Wildman–Crippen LogP) is 4.65. The molecule has 0 radical (unpaired) electrons. The van der Waals surface area contributed by atoms with Crippen molar-refractivity contribution >= 4 is 33.8 Å². The summed E-state index contributed by atoms with van der Waals surface area (Å²) in [5, 5.41) is 4.69. The molecule has 0 aliphatic heterocycles. The first-order valence-electron chi connectivity index (χ1n) is 6.61. The van der Waals surface area contributed by atoms with Crippen molar-refractivity contribution < 1.29 is 0 Å². The van der Waals surface area contributed by atoms with Crippen LogP contribution >= 0.6 is 22.9 Å². The Balaban J connectivity index is 2.04. The van der Waals surface area contributed by atoms with E-state index in [0.29, 0.717) is 0 Å². The van der Waals surface area contributed by atoms with Crippen LogP contribution in [0, 0.1) is 0 Å². The first-order chi connectivity index (χ1) is 9.78. The average Bonchev–Trinajstić information content (AvgIpc) is 2.90. The molecule has 1 unspecified atom stereocenters. The van der Waals surface area contributed by atoms with E-state index in [4.69, 9.17) is 11.6 Å². The molecular formula is C16H15ClN2S. The van der Waals surface area contributed by atoms with Crippen molar-refractivity contribution in [3.63, 3.8) is 0 Å². The van der Waals surface area contributed by atoms with Crippen LogP contribution in [0.3, 0.4) is 0 Å². The fraction of sp³-hybridized carbons (Fsp3) is 0.188. The van der Waals surface area contributed by atoms with Gasteiger partial charge in [0.1, 0.15) is 0 Å². The van der Waals surface area contributed by atoms with E-state index in [2.05, 4.69) is 47.6 Å². The maximum atomic E-state index is 6.07. The Kier molecular flexibility index (Phi) is 4.01. The fourth-order valence-electron chi connectivity index (χ4n) is 2.34. The Morgan fingerprint density at radius 1 is 1.25 bits per heavy atom. The molecule has 0 aliphatic carbocycles. The summed E-state index contributed by atoms with van der Waals surface area (Å²) in [6.07, 6.45) is 1.82. The van der Waals surface area contributed by atoms with Crippen molar-refractivity contribution in [2.45, 2.75) is 13.0 Å². The molecule has 3 rings (SSSR count). The molecule has 1 aromatic carbocycles. The molecule has 0 fully saturated rings. The predicted molar refractivity (Wildman–Crippen MR) is 86.6 cm³/mol. The molecule has 0 bridgehead atoms. The van der Waals surface area contributed by atoms with Crippen LogP contribution < -0.4 is 5.32 Å². The molecule has 3 aromatic rings. The molecule has 0 amide bonds. The number of rotatable bonds is 4. The van der Waals surface area contributed by atoms with Crippen LogP contribution in [0.25, 0.3) is 10.9 Å². The van der Waals surface area contributed by atoms with Crippen LogP contribution in [-0.4, -0.2) is 11.5 Å². The molecule has 0 spiro atoms. The molecule has 1 atom stereocenters. The van der Waals surface area contributed by atoms with Gasteiger partial charge in [0.05, 0.1) is 15.9 Å². The van der Waals surface area contributed by atoms with Crippen LogP contribution in [0.5, 0.6) is 0 Å². The highest BCUT2D eigenvalue weighted by molar-refractivity contribution is 7.16. The molecule has 1 N–H and O–H groups in total. The van der Waals surface area contributed by atoms with Crippen molar-refractivity contribution in [1.29, 1.82) is 0 Å². The van der Waals surface area contributed by atoms with E-state index < -0.39 is 0 Å². The third-order valence-corrected chi connectivity index (χ3v) is 4.54. The molecule has 0 saturated heterocycles. The van der Waals surface area contributed by atoms with Gasteiger partial charge < -0.3 is 5.32 Å². The molecule has 2 heterocycles. The van der Waals surface area contributed by atoms with E-state index in [-0.39, 0.29) is 6.04 Å². The fourth-order valence-corrected chi connectivity index (χ4v) is 3.51. The number of benzene rings is 1. The lowest BCUT2D eigenvalue weighted by Crippen LogP contribution is -2.21. The monoisotopic (exact) mass is 302 g/mol. The number of pyridine rings is 1. The Labute approximate surface area is 127 Å². The largest absolute Gasteiger partial charge is 0.306 e. The summed E-state index contributed by atoms with van der Waals surface area (Å²) < 4.78 is 0.824. The van der Waals surface area contributed by atoms with Gasteiger partial charge in [-0.15, -0.1) is 11.3 Å². The molecule has 0 aliphatic rings. The summed E-state index contributed by atoms with van der Waals surface area (Å²) in [6.45, 7) is 3.02. The van der Waals surface area contributed by atoms with Crippen LogP contribution in [0.1, 0.15) is 23.4 Å². The Morgan fingerprint density at radius 3 is 2.90 bits per heavy atom. The molecule has 0 saturated carbocycles. The average molecular weight is 303 g/mol. The number of aromatic nitrogens is 1. The summed E-state index contributed by atoms with van der Waals surface area (Å²) in [4.78, 5) is 5.60. The number of halogens is 1. The topological polar surface area (TPSA) is 24.9 Å². The minimum atomic E-state index is 0.183. The van der Waals surface area contributed by atoms with Crippen LogP contribution in [0.4, 0.5) is 0 Å². The normalized spacial score (nSPS) is 12.7. The zero-order valence-corrected chi connectivity index (χ0v) is 12.7. The summed E-state index contributed by atoms with van der Waals surface area (Å²) in [5.41, 5.74) is 2.27. The van der Waals surface area contributed by atoms with E-state index in [1.54, 1.807) is 11.3 Å². The lowest BCUT2D eigenvalue weighted by atomic mass is 10.0. The third-order valence-electron chi connectivity index (χ3n) is 3.25. The first kappa shape index (κ1) is 13.6. The highest BCUT2D eigenvalue weighted by atomic mass is 35.5. The number of fused-ring (bicyclic) bond motifs is 1. The molecule has 102 valence electrons. The number of thiophene rings is 1. The standard InChI is InChI=1S/C16H15ClN2S/c1-2-18-16(14-7-8-15(17)20-14)12-5-6-13-11(10-12)4-3-9-19-13/h3-10,16,18H,2H2,1H3. The zero-order chi connectivity index (χ0) is 13.9. The number of nitrogens with one attached hydrogen (secondary N) is 1. The second-order valence-corrected chi connectivity index (χ2v) is 6.33. The maximum absolute atomic E-state index is 6.07. The van der Waals surface area contributed by atoms with Crippen molar-refractivity contribution in [3.8, 4) is 0 Å². The molecule has 20 heavy (non-hydrogen) atoms. The second-order valence-electron chi connectivity index (χ2n) is 4.59. The molecular weight excluding hydrogens is 288 g/mol. The molecule has 2 aromatic heterocycles. The van der Waals surface area contributed by atoms with Gasteiger partial charge in [-0.1, -0.05) is 30.7 Å². The summed E-state index contributed by atoms with van der Waals surface area (Å²) in [7, 11) is 0. The van der Waals surface area contributed by atoms with Gasteiger partial charge in [-0.3, -0.25) is 4.98 Å². The second kappa shape index (κ2) is 5.92. The molecule has 2 nitrogen and oxygen atoms in total. The highest BCUT2D eigenvalue weighted by Gasteiger charge is 2.15. The van der Waals surface area contributed by atoms with Crippen molar-refractivity contribution in [1.82, 2.24) is 10.3 Å². The van der Waals surface area contributed by atoms with Gasteiger partial charge in [-0.2, -0.15) is 0 Å². The van der Waals surface area contributed by atoms with Gasteiger partial charge in [0.2, 0.25) is 0 Å². The van der Waals surface area contributed by atoms with E-state index in [1.807, 2.05) is 18.3 Å². The lowest BCUT2D eigenvalue weighted by molar-refractivity contribution is 0.640. The van der Waals surface area contributed by atoms with Gasteiger partial charge in [0.15, 0.2) is 0 Å². The Bertz CT molecular complexity index is 723. The number of hydrogen-bond donors (Lipinski definition) is 1. The third kappa shape index (κ3) is 2.70. The summed E-state index contributed by atoms with van der Waals surface area (Å²) >= 11 is 7.69. The van der Waals surface area contributed by atoms with E-state index in [0.717, 1.165) is 21.8 Å². The smallest absolute Gasteiger partial charge is 0.0931 e. The van der Waals surface area contributed by atoms with Gasteiger partial charge in [-0.05, 0) is 42.4 Å². The van der Waals surface area contributed by atoms with Gasteiger partial charge in [-0.25, -0.2) is 0 Å². The van der Waals surface area contributed by atoms with Gasteiger partial charge in [0.25, 0.3) is 0 Å². The summed E-state index contributed by atoms with van der Waals surface area (Å²) in [6, 6.07) is 14.7. The van der Waals surface area contributed by atoms with E-state index >= 15 is 0 Å². The van der Waals surface area contributed by atoms with Gasteiger partial charge in [0, 0.05) is 16.5 Å². The number of nitrogens with zero attached hydrogens (tertiary/aromatic N) is 1. The van der Waals surface area contributed by atoms with Crippen molar-refractivity contribution in [2.75, 3.05) is 6.54 Å². The minimum Gasteiger partial charge on any atom is -0.306 e. The quantitative estimate of drug-likeness (QED) is 0.759. The lowest BCUT2D eigenvalue weighted by Gasteiger charge is -2.17. The van der Waals surface area contributed by atoms with E-state index in [1.165, 1.54) is 10.4 Å². The first-order valence-corrected chi connectivity index (χ1v) is 7.80. The molecule has 4 heteroatoms. The van der Waals surface area contributed by atoms with Crippen LogP contribution in [0.15, 0.2) is 48.7 Å². The zero-order valence-electron chi connectivity index (χ0n) is 11.1. The van der Waals surface area contributed by atoms with Crippen LogP contribution in [-0.2, 0) is 0 Å². The van der Waals surface area contributed by atoms with Crippen molar-refractivity contribution in [3.05, 3.63) is 63.4 Å². The van der Waals surface area contributed by atoms with Crippen molar-refractivity contribution in [2.24, 2.45) is 0 Å². The highest BCUT2D eigenvalue weighted by Crippen LogP contribution is 2.32.